The fourth-order valence-corrected chi connectivity index (χ4v) is 2.81. The normalized spacial score (nSPS) is 27.1. The number of rotatable bonds is 5. The van der Waals surface area contributed by atoms with E-state index in [0.29, 0.717) is 0 Å². The maximum absolute atomic E-state index is 12.5. The number of carboxylic acid groups (broad SMARTS) is 2. The van der Waals surface area contributed by atoms with Gasteiger partial charge < -0.3 is 36.3 Å². The number of aliphatic hydroxyl groups excluding tert-OH is 1. The lowest BCUT2D eigenvalue weighted by molar-refractivity contribution is -0.266. The van der Waals surface area contributed by atoms with Gasteiger partial charge in [-0.15, -0.1) is 0 Å². The lowest BCUT2D eigenvalue weighted by Crippen LogP contribution is -2.58. The summed E-state index contributed by atoms with van der Waals surface area (Å²) in [6.45, 7) is 4.26. The van der Waals surface area contributed by atoms with Gasteiger partial charge in [0.2, 0.25) is 0 Å². The largest absolute Gasteiger partial charge is 0.481 e. The van der Waals surface area contributed by atoms with Crippen LogP contribution in [-0.4, -0.2) is 93.3 Å². The van der Waals surface area contributed by atoms with Gasteiger partial charge in [-0.1, -0.05) is 0 Å². The van der Waals surface area contributed by atoms with Crippen LogP contribution in [0.1, 0.15) is 34.1 Å². The highest BCUT2D eigenvalue weighted by atomic mass is 19.4. The number of ether oxygens (including phenoxy) is 2. The number of alkyl halides is 6. The van der Waals surface area contributed by atoms with Crippen LogP contribution in [0, 0.1) is 0 Å². The highest BCUT2D eigenvalue weighted by Crippen LogP contribution is 2.40. The third kappa shape index (κ3) is 8.66. The van der Waals surface area contributed by atoms with Crippen molar-refractivity contribution in [2.75, 3.05) is 13.1 Å². The van der Waals surface area contributed by atoms with Crippen LogP contribution in [0.2, 0.25) is 0 Å². The summed E-state index contributed by atoms with van der Waals surface area (Å²) >= 11 is 0. The first-order valence-electron chi connectivity index (χ1n) is 10.0. The number of nitrogens with two attached hydrogens (primary N) is 2. The molecule has 2 aliphatic heterocycles. The molecule has 9 N–H and O–H groups in total. The second-order valence-corrected chi connectivity index (χ2v) is 8.76. The van der Waals surface area contributed by atoms with E-state index in [0.717, 1.165) is 0 Å². The highest BCUT2D eigenvalue weighted by Gasteiger charge is 2.67. The van der Waals surface area contributed by atoms with Gasteiger partial charge in [0, 0.05) is 13.1 Å². The molecule has 216 valence electrons. The Labute approximate surface area is 205 Å². The Morgan fingerprint density at radius 1 is 0.811 bits per heavy atom. The van der Waals surface area contributed by atoms with Crippen molar-refractivity contribution in [3.8, 4) is 0 Å². The minimum Gasteiger partial charge on any atom is -0.481 e. The Morgan fingerprint density at radius 2 is 1.11 bits per heavy atom. The number of amides is 2. The SMILES string of the molecule is CC1(C)NC[C@](C(N)=O)(C(F)(F)F)O1.CC1(C)NC[C@](C(N)=O)(C(F)(F)F)O1.O=C(O)C[C@H](O)C(=O)O. The third-order valence-electron chi connectivity index (χ3n) is 4.75. The molecule has 2 fully saturated rings. The van der Waals surface area contributed by atoms with Crippen molar-refractivity contribution in [1.29, 1.82) is 0 Å². The van der Waals surface area contributed by atoms with Crippen molar-refractivity contribution < 1.29 is 70.3 Å². The van der Waals surface area contributed by atoms with E-state index in [9.17, 15) is 45.5 Å². The molecule has 0 unspecified atom stereocenters. The smallest absolute Gasteiger partial charge is 0.427 e. The summed E-state index contributed by atoms with van der Waals surface area (Å²) in [5, 5.41) is 29.0. The van der Waals surface area contributed by atoms with Crippen LogP contribution in [0.25, 0.3) is 0 Å². The summed E-state index contributed by atoms with van der Waals surface area (Å²) in [6.07, 6.45) is -12.2. The molecule has 0 aromatic heterocycles. The molecule has 0 bridgehead atoms. The summed E-state index contributed by atoms with van der Waals surface area (Å²) < 4.78 is 84.6. The van der Waals surface area contributed by atoms with Crippen LogP contribution in [0.15, 0.2) is 0 Å². The molecular weight excluding hydrogens is 530 g/mol. The van der Waals surface area contributed by atoms with Crippen LogP contribution in [0.3, 0.4) is 0 Å². The number of carbonyl (C=O) groups is 4. The second-order valence-electron chi connectivity index (χ2n) is 8.76. The summed E-state index contributed by atoms with van der Waals surface area (Å²) in [5.41, 5.74) is 1.21. The van der Waals surface area contributed by atoms with Crippen LogP contribution < -0.4 is 22.1 Å². The molecule has 0 aromatic rings. The molecule has 19 heteroatoms. The van der Waals surface area contributed by atoms with Crippen LogP contribution in [-0.2, 0) is 28.7 Å². The Morgan fingerprint density at radius 3 is 1.19 bits per heavy atom. The summed E-state index contributed by atoms with van der Waals surface area (Å²) in [7, 11) is 0. The van der Waals surface area contributed by atoms with Crippen LogP contribution in [0.5, 0.6) is 0 Å². The Kier molecular flexibility index (Phi) is 10.5. The predicted molar refractivity (Wildman–Crippen MR) is 108 cm³/mol. The van der Waals surface area contributed by atoms with E-state index < -0.39 is 84.4 Å². The minimum absolute atomic E-state index is 0.654. The molecule has 2 amide bonds. The maximum Gasteiger partial charge on any atom is 0.427 e. The molecule has 0 spiro atoms. The molecular formula is C18H28F6N4O9. The number of nitrogens with one attached hydrogen (secondary N) is 2. The van der Waals surface area contributed by atoms with Crippen molar-refractivity contribution in [2.45, 2.75) is 75.2 Å². The number of halogens is 6. The number of hydrogen-bond donors (Lipinski definition) is 7. The van der Waals surface area contributed by atoms with Crippen LogP contribution >= 0.6 is 0 Å². The van der Waals surface area contributed by atoms with E-state index in [4.69, 9.17) is 26.8 Å². The third-order valence-corrected chi connectivity index (χ3v) is 4.75. The number of carboxylic acids is 2. The number of hydrogen-bond acceptors (Lipinski definition) is 9. The van der Waals surface area contributed by atoms with Gasteiger partial charge in [-0.2, -0.15) is 26.3 Å². The van der Waals surface area contributed by atoms with E-state index in [1.54, 1.807) is 0 Å². The lowest BCUT2D eigenvalue weighted by Gasteiger charge is -2.29. The molecule has 2 aliphatic rings. The number of aliphatic carboxylic acids is 2. The molecule has 2 heterocycles. The molecule has 0 radical (unpaired) electrons. The summed E-state index contributed by atoms with van der Waals surface area (Å²) in [5.74, 6) is -5.89. The number of carbonyl (C=O) groups excluding carboxylic acids is 2. The molecule has 2 saturated heterocycles. The van der Waals surface area contributed by atoms with Crippen molar-refractivity contribution in [3.05, 3.63) is 0 Å². The highest BCUT2D eigenvalue weighted by molar-refractivity contribution is 5.86. The van der Waals surface area contributed by atoms with E-state index in [-0.39, 0.29) is 0 Å². The van der Waals surface area contributed by atoms with E-state index in [1.807, 2.05) is 0 Å². The Balaban J connectivity index is 0.000000541. The minimum atomic E-state index is -4.81. The number of aliphatic hydroxyl groups is 1. The first-order chi connectivity index (χ1) is 16.3. The maximum atomic E-state index is 12.5. The molecule has 0 saturated carbocycles. The number of primary amides is 2. The second kappa shape index (κ2) is 11.3. The Hall–Kier alpha value is -2.74. The standard InChI is InChI=1S/2C7H11F3N2O2.C4H6O5/c2*1-5(2)12-3-6(14-5,4(11)13)7(8,9)10;5-2(4(8)9)1-3(6)7/h2*12H,3H2,1-2H3,(H2,11,13);2,5H,1H2,(H,6,7)(H,8,9)/t2*6-;2-/m000/s1. The quantitative estimate of drug-likeness (QED) is 0.206. The first kappa shape index (κ1) is 34.3. The van der Waals surface area contributed by atoms with Gasteiger partial charge in [0.25, 0.3) is 23.0 Å². The topological polar surface area (TPSA) is 224 Å². The zero-order chi connectivity index (χ0) is 29.8. The van der Waals surface area contributed by atoms with Gasteiger partial charge in [0.05, 0.1) is 6.42 Å². The monoisotopic (exact) mass is 558 g/mol. The summed E-state index contributed by atoms with van der Waals surface area (Å²) in [4.78, 5) is 41.0. The zero-order valence-electron chi connectivity index (χ0n) is 19.9. The lowest BCUT2D eigenvalue weighted by atomic mass is 10.0. The zero-order valence-corrected chi connectivity index (χ0v) is 19.9. The van der Waals surface area contributed by atoms with Gasteiger partial charge in [-0.3, -0.25) is 25.0 Å². The predicted octanol–water partition coefficient (Wildman–Crippen LogP) is -0.836. The molecule has 13 nitrogen and oxygen atoms in total. The fourth-order valence-electron chi connectivity index (χ4n) is 2.81. The molecule has 37 heavy (non-hydrogen) atoms. The van der Waals surface area contributed by atoms with E-state index in [1.165, 1.54) is 27.7 Å². The Bertz CT molecular complexity index is 827. The molecule has 2 rings (SSSR count). The average Bonchev–Trinajstić information content (AvgIpc) is 3.19. The van der Waals surface area contributed by atoms with E-state index in [2.05, 4.69) is 20.1 Å². The molecule has 0 aromatic carbocycles. The fraction of sp³-hybridized carbons (Fsp3) is 0.778. The van der Waals surface area contributed by atoms with Gasteiger partial charge in [-0.05, 0) is 27.7 Å². The van der Waals surface area contributed by atoms with Gasteiger partial charge >= 0.3 is 24.3 Å². The van der Waals surface area contributed by atoms with Crippen LogP contribution in [0.4, 0.5) is 26.3 Å². The molecule has 0 aliphatic carbocycles. The average molecular weight is 558 g/mol. The summed E-state index contributed by atoms with van der Waals surface area (Å²) in [6, 6.07) is 0. The van der Waals surface area contributed by atoms with Crippen molar-refractivity contribution in [1.82, 2.24) is 10.6 Å². The van der Waals surface area contributed by atoms with Gasteiger partial charge in [0.1, 0.15) is 11.4 Å². The van der Waals surface area contributed by atoms with Crippen molar-refractivity contribution in [2.24, 2.45) is 11.5 Å². The van der Waals surface area contributed by atoms with Gasteiger partial charge in [-0.25, -0.2) is 4.79 Å². The molecule has 3 atom stereocenters. The van der Waals surface area contributed by atoms with Crippen molar-refractivity contribution >= 4 is 23.8 Å². The first-order valence-corrected chi connectivity index (χ1v) is 10.0. The van der Waals surface area contributed by atoms with Crippen molar-refractivity contribution in [3.63, 3.8) is 0 Å². The van der Waals surface area contributed by atoms with Gasteiger partial charge in [0.15, 0.2) is 6.10 Å². The van der Waals surface area contributed by atoms with E-state index >= 15 is 0 Å².